The van der Waals surface area contributed by atoms with E-state index in [1.54, 1.807) is 12.1 Å². The Kier molecular flexibility index (Phi) is 4.47. The maximum atomic E-state index is 12.2. The van der Waals surface area contributed by atoms with Crippen molar-refractivity contribution in [2.24, 2.45) is 0 Å². The molecule has 4 rings (SSSR count). The van der Waals surface area contributed by atoms with Crippen molar-refractivity contribution < 1.29 is 14.3 Å². The number of ether oxygens (including phenoxy) is 1. The molecule has 1 aliphatic heterocycles. The van der Waals surface area contributed by atoms with Crippen molar-refractivity contribution in [2.75, 3.05) is 4.90 Å². The van der Waals surface area contributed by atoms with Crippen LogP contribution in [0.4, 0.5) is 11.4 Å². The number of anilines is 2. The molecule has 0 aromatic heterocycles. The first-order chi connectivity index (χ1) is 13.5. The van der Waals surface area contributed by atoms with Gasteiger partial charge < -0.3 is 9.64 Å². The van der Waals surface area contributed by atoms with E-state index in [4.69, 9.17) is 4.74 Å². The molecule has 140 valence electrons. The van der Waals surface area contributed by atoms with Crippen LogP contribution in [0.15, 0.2) is 66.7 Å². The Morgan fingerprint density at radius 1 is 0.750 bits per heavy atom. The van der Waals surface area contributed by atoms with Crippen molar-refractivity contribution in [2.45, 2.75) is 26.8 Å². The van der Waals surface area contributed by atoms with Crippen LogP contribution < -0.4 is 9.64 Å². The summed E-state index contributed by atoms with van der Waals surface area (Å²) in [5, 5.41) is 0. The fraction of sp³-hybridized carbons (Fsp3) is 0.167. The quantitative estimate of drug-likeness (QED) is 0.520. The van der Waals surface area contributed by atoms with Crippen molar-refractivity contribution >= 4 is 22.9 Å². The normalized spacial score (nSPS) is 13.2. The summed E-state index contributed by atoms with van der Waals surface area (Å²) in [5.74, 6) is 0.846. The number of carbonyl (C=O) groups excluding carboxylic acids is 2. The van der Waals surface area contributed by atoms with Crippen molar-refractivity contribution in [1.82, 2.24) is 0 Å². The molecule has 0 N–H and O–H groups in total. The lowest BCUT2D eigenvalue weighted by molar-refractivity contribution is 0.101. The smallest absolute Gasteiger partial charge is 0.163 e. The number of benzene rings is 3. The molecule has 3 aromatic carbocycles. The molecule has 1 atom stereocenters. The van der Waals surface area contributed by atoms with Gasteiger partial charge in [0, 0.05) is 0 Å². The number of fused-ring (bicyclic) bond motifs is 2. The van der Waals surface area contributed by atoms with Gasteiger partial charge in [-0.15, -0.1) is 0 Å². The predicted molar refractivity (Wildman–Crippen MR) is 110 cm³/mol. The van der Waals surface area contributed by atoms with E-state index in [9.17, 15) is 9.59 Å². The van der Waals surface area contributed by atoms with Crippen molar-refractivity contribution in [3.8, 4) is 11.5 Å². The van der Waals surface area contributed by atoms with E-state index in [1.165, 1.54) is 13.8 Å². The van der Waals surface area contributed by atoms with Gasteiger partial charge in [0.1, 0.15) is 0 Å². The summed E-state index contributed by atoms with van der Waals surface area (Å²) < 4.78 is 6.20. The highest BCUT2D eigenvalue weighted by Gasteiger charge is 2.33. The molecule has 0 saturated heterocycles. The van der Waals surface area contributed by atoms with E-state index in [0.717, 1.165) is 16.9 Å². The Morgan fingerprint density at radius 3 is 1.71 bits per heavy atom. The predicted octanol–water partition coefficient (Wildman–Crippen LogP) is 6.10. The average Bonchev–Trinajstić information content (AvgIpc) is 2.71. The topological polar surface area (TPSA) is 46.6 Å². The second-order valence-electron chi connectivity index (χ2n) is 6.98. The minimum Gasteiger partial charge on any atom is -0.451 e. The summed E-state index contributed by atoms with van der Waals surface area (Å²) in [6, 6.07) is 21.3. The summed E-state index contributed by atoms with van der Waals surface area (Å²) in [6.45, 7) is 5.15. The second-order valence-corrected chi connectivity index (χ2v) is 6.98. The third-order valence-electron chi connectivity index (χ3n) is 5.14. The summed E-state index contributed by atoms with van der Waals surface area (Å²) in [4.78, 5) is 26.6. The first kappa shape index (κ1) is 18.0. The minimum absolute atomic E-state index is 0.0213. The van der Waals surface area contributed by atoms with Crippen LogP contribution >= 0.6 is 0 Å². The molecule has 4 nitrogen and oxygen atoms in total. The van der Waals surface area contributed by atoms with Gasteiger partial charge in [0.2, 0.25) is 0 Å². The monoisotopic (exact) mass is 371 g/mol. The number of rotatable bonds is 4. The number of Topliss-reactive ketones (excluding diaryl/α,β-unsaturated/α-hetero) is 2. The lowest BCUT2D eigenvalue weighted by Crippen LogP contribution is -2.26. The zero-order valence-electron chi connectivity index (χ0n) is 16.1. The number of carbonyl (C=O) groups is 2. The van der Waals surface area contributed by atoms with Gasteiger partial charge in [0.25, 0.3) is 0 Å². The van der Waals surface area contributed by atoms with Gasteiger partial charge in [-0.25, -0.2) is 0 Å². The highest BCUT2D eigenvalue weighted by Crippen LogP contribution is 2.52. The molecule has 28 heavy (non-hydrogen) atoms. The fourth-order valence-electron chi connectivity index (χ4n) is 3.73. The lowest BCUT2D eigenvalue weighted by Gasteiger charge is -2.38. The van der Waals surface area contributed by atoms with E-state index in [-0.39, 0.29) is 17.6 Å². The van der Waals surface area contributed by atoms with Gasteiger partial charge in [-0.3, -0.25) is 9.59 Å². The standard InChI is InChI=1S/C24H21NO3/c1-15(18-9-5-4-6-10-18)25-21-13-7-11-19(16(2)26)23(21)28-24-20(17(3)27)12-8-14-22(24)25/h4-15H,1-3H3. The molecule has 4 heteroatoms. The molecular formula is C24H21NO3. The number of nitrogens with zero attached hydrogens (tertiary/aromatic N) is 1. The van der Waals surface area contributed by atoms with Crippen LogP contribution in [0, 0.1) is 0 Å². The van der Waals surface area contributed by atoms with Crippen molar-refractivity contribution in [3.05, 3.63) is 83.4 Å². The first-order valence-electron chi connectivity index (χ1n) is 9.29. The van der Waals surface area contributed by atoms with Crippen molar-refractivity contribution in [1.29, 1.82) is 0 Å². The summed E-state index contributed by atoms with van der Waals surface area (Å²) in [7, 11) is 0. The third kappa shape index (κ3) is 2.87. The molecule has 1 aliphatic rings. The number of ketones is 2. The van der Waals surface area contributed by atoms with Crippen LogP contribution in [0.2, 0.25) is 0 Å². The molecule has 1 unspecified atom stereocenters. The molecule has 0 fully saturated rings. The molecule has 0 radical (unpaired) electrons. The third-order valence-corrected chi connectivity index (χ3v) is 5.14. The van der Waals surface area contributed by atoms with Crippen LogP contribution in [0.3, 0.4) is 0 Å². The lowest BCUT2D eigenvalue weighted by atomic mass is 9.99. The number of para-hydroxylation sites is 2. The Labute approximate surface area is 164 Å². The van der Waals surface area contributed by atoms with E-state index < -0.39 is 0 Å². The van der Waals surface area contributed by atoms with Crippen LogP contribution in [-0.4, -0.2) is 11.6 Å². The zero-order chi connectivity index (χ0) is 19.8. The van der Waals surface area contributed by atoms with Crippen molar-refractivity contribution in [3.63, 3.8) is 0 Å². The summed E-state index contributed by atoms with van der Waals surface area (Å²) in [6.07, 6.45) is 0. The Balaban J connectivity index is 1.99. The maximum absolute atomic E-state index is 12.2. The fourth-order valence-corrected chi connectivity index (χ4v) is 3.73. The number of hydrogen-bond acceptors (Lipinski definition) is 4. The van der Waals surface area contributed by atoms with E-state index in [2.05, 4.69) is 24.0 Å². The average molecular weight is 371 g/mol. The van der Waals surface area contributed by atoms with Gasteiger partial charge in [0.15, 0.2) is 23.1 Å². The summed E-state index contributed by atoms with van der Waals surface area (Å²) >= 11 is 0. The van der Waals surface area contributed by atoms with Crippen LogP contribution in [0.25, 0.3) is 0 Å². The zero-order valence-corrected chi connectivity index (χ0v) is 16.1. The largest absolute Gasteiger partial charge is 0.451 e. The van der Waals surface area contributed by atoms with Gasteiger partial charge in [-0.1, -0.05) is 42.5 Å². The second kappa shape index (κ2) is 6.97. The summed E-state index contributed by atoms with van der Waals surface area (Å²) in [5.41, 5.74) is 3.77. The molecule has 0 aliphatic carbocycles. The molecule has 0 bridgehead atoms. The Hall–Kier alpha value is -3.40. The van der Waals surface area contributed by atoms with Gasteiger partial charge >= 0.3 is 0 Å². The maximum Gasteiger partial charge on any atom is 0.163 e. The highest BCUT2D eigenvalue weighted by atomic mass is 16.5. The molecule has 1 heterocycles. The molecule has 0 spiro atoms. The van der Waals surface area contributed by atoms with E-state index in [0.29, 0.717) is 22.6 Å². The van der Waals surface area contributed by atoms with Crippen LogP contribution in [0.5, 0.6) is 11.5 Å². The number of hydrogen-bond donors (Lipinski definition) is 0. The van der Waals surface area contributed by atoms with Gasteiger partial charge in [0.05, 0.1) is 28.5 Å². The SMILES string of the molecule is CC(=O)c1cccc2c1Oc1c(C(C)=O)cccc1N2C(C)c1ccccc1. The molecule has 3 aromatic rings. The molecular weight excluding hydrogens is 350 g/mol. The Bertz CT molecular complexity index is 1010. The minimum atomic E-state index is -0.0760. The van der Waals surface area contributed by atoms with Crippen LogP contribution in [-0.2, 0) is 0 Å². The van der Waals surface area contributed by atoms with Gasteiger partial charge in [-0.05, 0) is 50.6 Å². The van der Waals surface area contributed by atoms with Gasteiger partial charge in [-0.2, -0.15) is 0 Å². The molecule has 0 saturated carbocycles. The van der Waals surface area contributed by atoms with E-state index in [1.807, 2.05) is 42.5 Å². The molecule has 0 amide bonds. The van der Waals surface area contributed by atoms with E-state index >= 15 is 0 Å². The van der Waals surface area contributed by atoms with Crippen LogP contribution in [0.1, 0.15) is 53.1 Å². The highest BCUT2D eigenvalue weighted by molar-refractivity contribution is 6.03. The first-order valence-corrected chi connectivity index (χ1v) is 9.29. The Morgan fingerprint density at radius 2 is 1.25 bits per heavy atom.